The summed E-state index contributed by atoms with van der Waals surface area (Å²) in [6.07, 6.45) is 0.471. The Morgan fingerprint density at radius 2 is 1.90 bits per heavy atom. The molecule has 8 nitrogen and oxygen atoms in total. The Bertz CT molecular complexity index is 984. The number of pyridine rings is 1. The van der Waals surface area contributed by atoms with Gasteiger partial charge >= 0.3 is 0 Å². The molecule has 0 radical (unpaired) electrons. The molecule has 31 heavy (non-hydrogen) atoms. The van der Waals surface area contributed by atoms with Crippen LogP contribution in [-0.4, -0.2) is 44.2 Å². The molecule has 0 saturated carbocycles. The van der Waals surface area contributed by atoms with Crippen molar-refractivity contribution in [2.45, 2.75) is 23.6 Å². The van der Waals surface area contributed by atoms with Crippen LogP contribution in [0.5, 0.6) is 0 Å². The molecule has 2 rings (SSSR count). The van der Waals surface area contributed by atoms with Crippen LogP contribution in [0, 0.1) is 22.7 Å². The summed E-state index contributed by atoms with van der Waals surface area (Å²) in [6.45, 7) is 3.65. The van der Waals surface area contributed by atoms with E-state index in [4.69, 9.17) is 16.2 Å². The molecule has 0 fully saturated rings. The van der Waals surface area contributed by atoms with E-state index in [1.165, 1.54) is 0 Å². The van der Waals surface area contributed by atoms with Crippen molar-refractivity contribution in [3.63, 3.8) is 0 Å². The molecule has 1 amide bonds. The molecule has 162 valence electrons. The van der Waals surface area contributed by atoms with Crippen molar-refractivity contribution >= 4 is 23.5 Å². The summed E-state index contributed by atoms with van der Waals surface area (Å²) in [5, 5.41) is 19.3. The maximum Gasteiger partial charge on any atom is 0.235 e. The van der Waals surface area contributed by atoms with E-state index in [0.717, 1.165) is 17.3 Å². The molecule has 0 saturated heterocycles. The van der Waals surface area contributed by atoms with Crippen LogP contribution in [-0.2, 0) is 16.0 Å². The average molecular weight is 439 g/mol. The van der Waals surface area contributed by atoms with Gasteiger partial charge in [0.1, 0.15) is 28.2 Å². The second-order valence-corrected chi connectivity index (χ2v) is 7.77. The zero-order chi connectivity index (χ0) is 22.8. The standard InChI is InChI=1S/C22H26N6O2S/c1-3-16-17(13-24)21(28(2)10-12-30-11-9-23)27-22(18(16)14-25)31-19(20(26)29)15-7-5-4-6-8-15/h4-8,19H,3,9-12,23H2,1-2H3,(H2,26,29). The number of nitrogens with zero attached hydrogens (tertiary/aromatic N) is 4. The van der Waals surface area contributed by atoms with E-state index in [9.17, 15) is 15.3 Å². The fourth-order valence-electron chi connectivity index (χ4n) is 3.07. The molecule has 0 aliphatic rings. The first-order valence-electron chi connectivity index (χ1n) is 9.85. The number of aromatic nitrogens is 1. The number of benzene rings is 1. The van der Waals surface area contributed by atoms with Gasteiger partial charge in [0.05, 0.1) is 24.3 Å². The van der Waals surface area contributed by atoms with Crippen molar-refractivity contribution in [2.24, 2.45) is 11.5 Å². The highest BCUT2D eigenvalue weighted by atomic mass is 32.2. The van der Waals surface area contributed by atoms with Gasteiger partial charge in [0.25, 0.3) is 0 Å². The van der Waals surface area contributed by atoms with Crippen LogP contribution >= 0.6 is 11.8 Å². The van der Waals surface area contributed by atoms with Gasteiger partial charge in [0.2, 0.25) is 5.91 Å². The molecular weight excluding hydrogens is 412 g/mol. The fourth-order valence-corrected chi connectivity index (χ4v) is 4.13. The van der Waals surface area contributed by atoms with E-state index >= 15 is 0 Å². The molecule has 1 unspecified atom stereocenters. The average Bonchev–Trinajstić information content (AvgIpc) is 2.79. The molecule has 1 atom stereocenters. The third-order valence-corrected chi connectivity index (χ3v) is 5.87. The number of nitrogens with two attached hydrogens (primary N) is 2. The molecule has 9 heteroatoms. The number of hydrogen-bond donors (Lipinski definition) is 2. The van der Waals surface area contributed by atoms with E-state index < -0.39 is 11.2 Å². The van der Waals surface area contributed by atoms with Gasteiger partial charge in [0.15, 0.2) is 0 Å². The Labute approximate surface area is 186 Å². The number of thioether (sulfide) groups is 1. The molecule has 1 aromatic heterocycles. The van der Waals surface area contributed by atoms with Crippen molar-refractivity contribution < 1.29 is 9.53 Å². The lowest BCUT2D eigenvalue weighted by Crippen LogP contribution is -2.26. The van der Waals surface area contributed by atoms with Crippen LogP contribution in [0.15, 0.2) is 35.4 Å². The van der Waals surface area contributed by atoms with Crippen LogP contribution in [0.3, 0.4) is 0 Å². The van der Waals surface area contributed by atoms with Crippen LogP contribution in [0.4, 0.5) is 5.82 Å². The van der Waals surface area contributed by atoms with Crippen molar-refractivity contribution in [3.05, 3.63) is 52.6 Å². The molecule has 1 aromatic carbocycles. The Hall–Kier alpha value is -3.11. The summed E-state index contributed by atoms with van der Waals surface area (Å²) >= 11 is 1.12. The number of carbonyl (C=O) groups is 1. The Morgan fingerprint density at radius 3 is 2.45 bits per heavy atom. The van der Waals surface area contributed by atoms with Crippen LogP contribution in [0.25, 0.3) is 0 Å². The third kappa shape index (κ3) is 5.96. The Balaban J connectivity index is 2.52. The minimum atomic E-state index is -0.718. The summed E-state index contributed by atoms with van der Waals surface area (Å²) in [6, 6.07) is 13.5. The van der Waals surface area contributed by atoms with E-state index in [0.29, 0.717) is 60.3 Å². The first kappa shape index (κ1) is 24.2. The van der Waals surface area contributed by atoms with Gasteiger partial charge < -0.3 is 21.1 Å². The topological polar surface area (TPSA) is 142 Å². The minimum absolute atomic E-state index is 0.294. The summed E-state index contributed by atoms with van der Waals surface area (Å²) in [5.41, 5.74) is 13.1. The summed E-state index contributed by atoms with van der Waals surface area (Å²) in [4.78, 5) is 18.6. The number of carbonyl (C=O) groups excluding carboxylic acids is 1. The maximum atomic E-state index is 12.2. The maximum absolute atomic E-state index is 12.2. The Morgan fingerprint density at radius 1 is 1.23 bits per heavy atom. The Kier molecular flexibility index (Phi) is 9.29. The lowest BCUT2D eigenvalue weighted by Gasteiger charge is -2.23. The summed E-state index contributed by atoms with van der Waals surface area (Å²) in [5.74, 6) is -0.0946. The molecule has 4 N–H and O–H groups in total. The monoisotopic (exact) mass is 438 g/mol. The largest absolute Gasteiger partial charge is 0.378 e. The van der Waals surface area contributed by atoms with Crippen molar-refractivity contribution in [3.8, 4) is 12.1 Å². The first-order valence-corrected chi connectivity index (χ1v) is 10.7. The van der Waals surface area contributed by atoms with E-state index in [2.05, 4.69) is 17.1 Å². The highest BCUT2D eigenvalue weighted by Crippen LogP contribution is 2.39. The quantitative estimate of drug-likeness (QED) is 0.401. The molecular formula is C22H26N6O2S. The second-order valence-electron chi connectivity index (χ2n) is 6.68. The molecule has 1 heterocycles. The smallest absolute Gasteiger partial charge is 0.235 e. The summed E-state index contributed by atoms with van der Waals surface area (Å²) in [7, 11) is 1.80. The number of likely N-dealkylation sites (N-methyl/N-ethyl adjacent to an activating group) is 1. The highest BCUT2D eigenvalue weighted by molar-refractivity contribution is 8.00. The molecule has 0 aliphatic carbocycles. The number of anilines is 1. The SMILES string of the molecule is CCc1c(C#N)c(SC(C(N)=O)c2ccccc2)nc(N(C)CCOCCN)c1C#N. The van der Waals surface area contributed by atoms with Crippen LogP contribution < -0.4 is 16.4 Å². The van der Waals surface area contributed by atoms with Gasteiger partial charge in [-0.3, -0.25) is 4.79 Å². The van der Waals surface area contributed by atoms with E-state index in [-0.39, 0.29) is 0 Å². The highest BCUT2D eigenvalue weighted by Gasteiger charge is 2.26. The lowest BCUT2D eigenvalue weighted by molar-refractivity contribution is -0.117. The van der Waals surface area contributed by atoms with Gasteiger partial charge in [-0.05, 0) is 17.5 Å². The zero-order valence-corrected chi connectivity index (χ0v) is 18.5. The van der Waals surface area contributed by atoms with Gasteiger partial charge in [-0.15, -0.1) is 0 Å². The normalized spacial score (nSPS) is 11.4. The number of amides is 1. The van der Waals surface area contributed by atoms with Crippen LogP contribution in [0.2, 0.25) is 0 Å². The lowest BCUT2D eigenvalue weighted by atomic mass is 10.0. The molecule has 2 aromatic rings. The van der Waals surface area contributed by atoms with Gasteiger partial charge in [-0.1, -0.05) is 49.0 Å². The second kappa shape index (κ2) is 11.9. The van der Waals surface area contributed by atoms with Gasteiger partial charge in [0, 0.05) is 20.1 Å². The third-order valence-electron chi connectivity index (χ3n) is 4.61. The number of primary amides is 1. The number of rotatable bonds is 11. The van der Waals surface area contributed by atoms with Crippen molar-refractivity contribution in [2.75, 3.05) is 38.3 Å². The molecule has 0 bridgehead atoms. The fraction of sp³-hybridized carbons (Fsp3) is 0.364. The van der Waals surface area contributed by atoms with Crippen molar-refractivity contribution in [1.29, 1.82) is 10.5 Å². The number of hydrogen-bond acceptors (Lipinski definition) is 8. The summed E-state index contributed by atoms with van der Waals surface area (Å²) < 4.78 is 5.44. The predicted octanol–water partition coefficient (Wildman–Crippen LogP) is 2.12. The van der Waals surface area contributed by atoms with Gasteiger partial charge in [-0.25, -0.2) is 4.98 Å². The van der Waals surface area contributed by atoms with Crippen LogP contribution in [0.1, 0.15) is 34.4 Å². The first-order chi connectivity index (χ1) is 15.0. The van der Waals surface area contributed by atoms with E-state index in [1.807, 2.05) is 25.1 Å². The zero-order valence-electron chi connectivity index (χ0n) is 17.7. The van der Waals surface area contributed by atoms with Gasteiger partial charge in [-0.2, -0.15) is 10.5 Å². The molecule has 0 spiro atoms. The van der Waals surface area contributed by atoms with E-state index in [1.54, 1.807) is 24.1 Å². The number of nitriles is 2. The predicted molar refractivity (Wildman–Crippen MR) is 120 cm³/mol. The number of ether oxygens (including phenoxy) is 1. The molecule has 0 aliphatic heterocycles. The minimum Gasteiger partial charge on any atom is -0.378 e. The van der Waals surface area contributed by atoms with Crippen molar-refractivity contribution in [1.82, 2.24) is 4.98 Å².